The van der Waals surface area contributed by atoms with E-state index in [1.807, 2.05) is 31.6 Å². The zero-order valence-electron chi connectivity index (χ0n) is 16.1. The van der Waals surface area contributed by atoms with Crippen molar-refractivity contribution in [2.75, 3.05) is 0 Å². The van der Waals surface area contributed by atoms with Crippen LogP contribution in [0, 0.1) is 19.7 Å². The van der Waals surface area contributed by atoms with Crippen molar-refractivity contribution < 1.29 is 9.18 Å². The van der Waals surface area contributed by atoms with E-state index in [1.165, 1.54) is 6.07 Å². The number of nitrogens with zero attached hydrogens (tertiary/aromatic N) is 4. The van der Waals surface area contributed by atoms with E-state index >= 15 is 0 Å². The van der Waals surface area contributed by atoms with Crippen LogP contribution in [0.1, 0.15) is 18.2 Å². The highest BCUT2D eigenvalue weighted by atomic mass is 19.1. The van der Waals surface area contributed by atoms with Crippen LogP contribution in [-0.2, 0) is 11.3 Å². The molecular formula is C21H22FN5O. The van der Waals surface area contributed by atoms with Gasteiger partial charge < -0.3 is 14.7 Å². The fraction of sp³-hybridized carbons (Fsp3) is 0.190. The van der Waals surface area contributed by atoms with E-state index in [1.54, 1.807) is 13.0 Å². The lowest BCUT2D eigenvalue weighted by Gasteiger charge is -2.10. The normalized spacial score (nSPS) is 10.6. The Balaban J connectivity index is 0.000000706. The highest BCUT2D eigenvalue weighted by Crippen LogP contribution is 2.32. The van der Waals surface area contributed by atoms with Gasteiger partial charge in [0.05, 0.1) is 17.7 Å². The molecule has 0 spiro atoms. The second kappa shape index (κ2) is 8.04. The number of hydrogen-bond donors (Lipinski definition) is 1. The van der Waals surface area contributed by atoms with Crippen LogP contribution in [0.5, 0.6) is 0 Å². The van der Waals surface area contributed by atoms with E-state index in [2.05, 4.69) is 43.9 Å². The Hall–Kier alpha value is -3.48. The second-order valence-electron chi connectivity index (χ2n) is 6.37. The molecule has 2 N–H and O–H groups in total. The lowest BCUT2D eigenvalue weighted by atomic mass is 10.0. The Morgan fingerprint density at radius 3 is 2.54 bits per heavy atom. The van der Waals surface area contributed by atoms with Crippen molar-refractivity contribution in [2.24, 2.45) is 5.73 Å². The molecule has 0 saturated heterocycles. The number of hydrogen-bond acceptors (Lipinski definition) is 3. The zero-order valence-corrected chi connectivity index (χ0v) is 16.1. The molecule has 0 aliphatic rings. The van der Waals surface area contributed by atoms with Gasteiger partial charge >= 0.3 is 0 Å². The quantitative estimate of drug-likeness (QED) is 0.551. The molecule has 4 aromatic rings. The van der Waals surface area contributed by atoms with Gasteiger partial charge in [-0.25, -0.2) is 14.4 Å². The highest BCUT2D eigenvalue weighted by Gasteiger charge is 2.16. The summed E-state index contributed by atoms with van der Waals surface area (Å²) in [4.78, 5) is 17.6. The van der Waals surface area contributed by atoms with Gasteiger partial charge in [0.2, 0.25) is 6.41 Å². The van der Waals surface area contributed by atoms with Gasteiger partial charge in [0.1, 0.15) is 11.5 Å². The number of carbonyl (C=O) groups is 1. The molecule has 28 heavy (non-hydrogen) atoms. The molecule has 144 valence electrons. The summed E-state index contributed by atoms with van der Waals surface area (Å²) < 4.78 is 17.8. The maximum Gasteiger partial charge on any atom is 0.204 e. The number of nitrogens with two attached hydrogens (primary N) is 1. The number of rotatable bonds is 3. The van der Waals surface area contributed by atoms with Gasteiger partial charge in [-0.3, -0.25) is 4.79 Å². The maximum atomic E-state index is 13.7. The third-order valence-electron chi connectivity index (χ3n) is 4.57. The van der Waals surface area contributed by atoms with Crippen LogP contribution < -0.4 is 5.73 Å². The predicted octanol–water partition coefficient (Wildman–Crippen LogP) is 3.74. The molecule has 7 heteroatoms. The van der Waals surface area contributed by atoms with Gasteiger partial charge in [-0.15, -0.1) is 0 Å². The van der Waals surface area contributed by atoms with Crippen molar-refractivity contribution in [3.63, 3.8) is 0 Å². The molecular weight excluding hydrogens is 357 g/mol. The van der Waals surface area contributed by atoms with Gasteiger partial charge in [-0.1, -0.05) is 0 Å². The van der Waals surface area contributed by atoms with E-state index in [0.717, 1.165) is 40.4 Å². The third kappa shape index (κ3) is 3.51. The number of halogens is 1. The van der Waals surface area contributed by atoms with Crippen LogP contribution in [0.4, 0.5) is 4.39 Å². The number of amides is 1. The Labute approximate surface area is 162 Å². The minimum atomic E-state index is -0.198. The number of carbonyl (C=O) groups excluding carboxylic acids is 1. The first-order chi connectivity index (χ1) is 13.5. The molecule has 6 nitrogen and oxygen atoms in total. The average molecular weight is 379 g/mol. The molecule has 0 aliphatic heterocycles. The first-order valence-electron chi connectivity index (χ1n) is 8.91. The van der Waals surface area contributed by atoms with Gasteiger partial charge in [-0.05, 0) is 56.7 Å². The molecule has 0 bridgehead atoms. The number of imidazole rings is 2. The minimum absolute atomic E-state index is 0.198. The van der Waals surface area contributed by atoms with Crippen molar-refractivity contribution in [3.8, 4) is 22.5 Å². The van der Waals surface area contributed by atoms with Gasteiger partial charge in [0, 0.05) is 35.8 Å². The lowest BCUT2D eigenvalue weighted by molar-refractivity contribution is -0.106. The number of pyridine rings is 1. The van der Waals surface area contributed by atoms with E-state index in [0.29, 0.717) is 5.56 Å². The van der Waals surface area contributed by atoms with Gasteiger partial charge in [0.15, 0.2) is 0 Å². The standard InChI is InChI=1S/C20H19FN4.CH3NO/c1-4-24-12-23-19(15-5-7-17(21)13(2)9-15)20(24)16-6-8-18-22-10-14(3)25(18)11-16;2-1-3/h5-12H,4H2,1-3H3;1H,(H2,2,3). The molecule has 3 heterocycles. The number of primary amides is 1. The summed E-state index contributed by atoms with van der Waals surface area (Å²) in [5.41, 5.74) is 10.7. The summed E-state index contributed by atoms with van der Waals surface area (Å²) in [5, 5.41) is 0. The molecule has 1 aromatic carbocycles. The second-order valence-corrected chi connectivity index (χ2v) is 6.37. The fourth-order valence-corrected chi connectivity index (χ4v) is 3.17. The van der Waals surface area contributed by atoms with Crippen molar-refractivity contribution in [1.29, 1.82) is 0 Å². The van der Waals surface area contributed by atoms with E-state index in [9.17, 15) is 4.39 Å². The van der Waals surface area contributed by atoms with Crippen molar-refractivity contribution >= 4 is 12.1 Å². The van der Waals surface area contributed by atoms with Crippen LogP contribution in [0.3, 0.4) is 0 Å². The maximum absolute atomic E-state index is 13.7. The summed E-state index contributed by atoms with van der Waals surface area (Å²) in [5.74, 6) is -0.198. The molecule has 0 unspecified atom stereocenters. The molecule has 4 rings (SSSR count). The first-order valence-corrected chi connectivity index (χ1v) is 8.91. The van der Waals surface area contributed by atoms with E-state index < -0.39 is 0 Å². The molecule has 0 fully saturated rings. The third-order valence-corrected chi connectivity index (χ3v) is 4.57. The molecule has 0 aliphatic carbocycles. The van der Waals surface area contributed by atoms with Crippen molar-refractivity contribution in [2.45, 2.75) is 27.3 Å². The summed E-state index contributed by atoms with van der Waals surface area (Å²) in [6.07, 6.45) is 6.04. The van der Waals surface area contributed by atoms with Crippen LogP contribution in [0.15, 0.2) is 49.1 Å². The molecule has 1 amide bonds. The summed E-state index contributed by atoms with van der Waals surface area (Å²) >= 11 is 0. The van der Waals surface area contributed by atoms with Crippen molar-refractivity contribution in [3.05, 3.63) is 66.1 Å². The van der Waals surface area contributed by atoms with Gasteiger partial charge in [-0.2, -0.15) is 0 Å². The van der Waals surface area contributed by atoms with Crippen LogP contribution in [-0.4, -0.2) is 25.3 Å². The predicted molar refractivity (Wildman–Crippen MR) is 107 cm³/mol. The largest absolute Gasteiger partial charge is 0.372 e. The molecule has 0 atom stereocenters. The summed E-state index contributed by atoms with van der Waals surface area (Å²) in [7, 11) is 0. The SMILES string of the molecule is CCn1cnc(-c2ccc(F)c(C)c2)c1-c1ccc2ncc(C)n2c1.NC=O. The van der Waals surface area contributed by atoms with E-state index in [-0.39, 0.29) is 12.2 Å². The average Bonchev–Trinajstić information content (AvgIpc) is 3.28. The van der Waals surface area contributed by atoms with Gasteiger partial charge in [0.25, 0.3) is 0 Å². The number of aryl methyl sites for hydroxylation is 3. The lowest BCUT2D eigenvalue weighted by Crippen LogP contribution is -1.98. The number of aromatic nitrogens is 4. The van der Waals surface area contributed by atoms with E-state index in [4.69, 9.17) is 4.79 Å². The fourth-order valence-electron chi connectivity index (χ4n) is 3.17. The van der Waals surface area contributed by atoms with Crippen LogP contribution >= 0.6 is 0 Å². The molecule has 0 radical (unpaired) electrons. The Kier molecular flexibility index (Phi) is 5.54. The Morgan fingerprint density at radius 2 is 1.86 bits per heavy atom. The number of fused-ring (bicyclic) bond motifs is 1. The summed E-state index contributed by atoms with van der Waals surface area (Å²) in [6, 6.07) is 9.21. The summed E-state index contributed by atoms with van der Waals surface area (Å²) in [6.45, 7) is 6.71. The molecule has 0 saturated carbocycles. The minimum Gasteiger partial charge on any atom is -0.372 e. The topological polar surface area (TPSA) is 78.2 Å². The highest BCUT2D eigenvalue weighted by molar-refractivity contribution is 5.79. The van der Waals surface area contributed by atoms with Crippen molar-refractivity contribution in [1.82, 2.24) is 18.9 Å². The Morgan fingerprint density at radius 1 is 1.14 bits per heavy atom. The number of benzene rings is 1. The smallest absolute Gasteiger partial charge is 0.204 e. The first kappa shape index (κ1) is 19.3. The van der Waals surface area contributed by atoms with Crippen LogP contribution in [0.2, 0.25) is 0 Å². The zero-order chi connectivity index (χ0) is 20.3. The molecule has 3 aromatic heterocycles. The van der Waals surface area contributed by atoms with Crippen LogP contribution in [0.25, 0.3) is 28.2 Å². The monoisotopic (exact) mass is 379 g/mol. The Bertz CT molecular complexity index is 1130.